The zero-order chi connectivity index (χ0) is 26.5. The number of carbonyl (C=O) groups is 2. The molecule has 3 aromatic rings. The third-order valence-electron chi connectivity index (χ3n) is 5.96. The monoisotopic (exact) mass is 539 g/mol. The summed E-state index contributed by atoms with van der Waals surface area (Å²) in [7, 11) is 4.69. The maximum atomic E-state index is 13.6. The maximum absolute atomic E-state index is 13.6. The zero-order valence-corrected chi connectivity index (χ0v) is 22.1. The molecule has 0 aliphatic carbocycles. The van der Waals surface area contributed by atoms with Gasteiger partial charge in [0.15, 0.2) is 16.6 Å². The van der Waals surface area contributed by atoms with E-state index in [0.717, 1.165) is 5.56 Å². The number of carbonyl (C=O) groups excluding carboxylic acids is 2. The predicted molar refractivity (Wildman–Crippen MR) is 147 cm³/mol. The SMILES string of the molecule is COc1ccc(NC(=O)C[C@@H]2C(=O)N(c3ccc(Cl)cc3)C(=S)N2Cc2ccc(OC)c(OC)c2)cc1. The molecule has 1 N–H and O–H groups in total. The van der Waals surface area contributed by atoms with Crippen molar-refractivity contribution in [2.24, 2.45) is 0 Å². The van der Waals surface area contributed by atoms with Gasteiger partial charge in [0.05, 0.1) is 33.4 Å². The van der Waals surface area contributed by atoms with E-state index in [-0.39, 0.29) is 24.8 Å². The normalized spacial score (nSPS) is 15.1. The molecule has 0 spiro atoms. The van der Waals surface area contributed by atoms with Crippen LogP contribution >= 0.6 is 23.8 Å². The number of methoxy groups -OCH3 is 3. The predicted octanol–water partition coefficient (Wildman–Crippen LogP) is 4.90. The molecule has 1 fully saturated rings. The van der Waals surface area contributed by atoms with Crippen LogP contribution in [-0.2, 0) is 16.1 Å². The summed E-state index contributed by atoms with van der Waals surface area (Å²) in [5.74, 6) is 1.21. The summed E-state index contributed by atoms with van der Waals surface area (Å²) in [6.45, 7) is 0.287. The second kappa shape index (κ2) is 11.5. The highest BCUT2D eigenvalue weighted by molar-refractivity contribution is 7.80. The number of hydrogen-bond acceptors (Lipinski definition) is 6. The summed E-state index contributed by atoms with van der Waals surface area (Å²) in [6.07, 6.45) is -0.0949. The molecule has 37 heavy (non-hydrogen) atoms. The third kappa shape index (κ3) is 5.79. The van der Waals surface area contributed by atoms with Crippen molar-refractivity contribution in [2.45, 2.75) is 19.0 Å². The van der Waals surface area contributed by atoms with Crippen LogP contribution in [0.2, 0.25) is 5.02 Å². The number of anilines is 2. The van der Waals surface area contributed by atoms with Crippen molar-refractivity contribution in [3.63, 3.8) is 0 Å². The van der Waals surface area contributed by atoms with Crippen molar-refractivity contribution in [3.8, 4) is 17.2 Å². The molecule has 1 aliphatic heterocycles. The Kier molecular flexibility index (Phi) is 8.15. The molecular formula is C27H26ClN3O5S. The molecule has 3 aromatic carbocycles. The lowest BCUT2D eigenvalue weighted by molar-refractivity contribution is -0.124. The van der Waals surface area contributed by atoms with Gasteiger partial charge in [-0.05, 0) is 78.4 Å². The molecule has 192 valence electrons. The number of thiocarbonyl (C=S) groups is 1. The van der Waals surface area contributed by atoms with Crippen molar-refractivity contribution < 1.29 is 23.8 Å². The van der Waals surface area contributed by atoms with Gasteiger partial charge in [-0.1, -0.05) is 17.7 Å². The van der Waals surface area contributed by atoms with E-state index in [2.05, 4.69) is 5.32 Å². The van der Waals surface area contributed by atoms with Crippen molar-refractivity contribution in [3.05, 3.63) is 77.3 Å². The Labute approximate surface area is 225 Å². The second-order valence-corrected chi connectivity index (χ2v) is 9.05. The molecule has 0 unspecified atom stereocenters. The number of hydrogen-bond donors (Lipinski definition) is 1. The van der Waals surface area contributed by atoms with Gasteiger partial charge in [0.1, 0.15) is 11.8 Å². The average Bonchev–Trinajstić information content (AvgIpc) is 3.13. The summed E-state index contributed by atoms with van der Waals surface area (Å²) < 4.78 is 15.9. The summed E-state index contributed by atoms with van der Waals surface area (Å²) >= 11 is 11.8. The second-order valence-electron chi connectivity index (χ2n) is 8.25. The standard InChI is InChI=1S/C27H26ClN3O5S/c1-34-21-11-7-19(8-12-21)29-25(32)15-22-26(33)31(20-9-5-18(28)6-10-20)27(37)30(22)16-17-4-13-23(35-2)24(14-17)36-3/h4-14,22H,15-16H2,1-3H3,(H,29,32)/t22-/m1/s1. The lowest BCUT2D eigenvalue weighted by Crippen LogP contribution is -2.37. The molecule has 1 aliphatic rings. The van der Waals surface area contributed by atoms with Crippen molar-refractivity contribution in [1.82, 2.24) is 4.90 Å². The van der Waals surface area contributed by atoms with Crippen molar-refractivity contribution in [2.75, 3.05) is 31.5 Å². The van der Waals surface area contributed by atoms with Crippen LogP contribution in [0.5, 0.6) is 17.2 Å². The number of benzene rings is 3. The largest absolute Gasteiger partial charge is 0.497 e. The minimum atomic E-state index is -0.811. The molecule has 2 amide bonds. The van der Waals surface area contributed by atoms with Gasteiger partial charge in [0, 0.05) is 17.3 Å². The number of nitrogens with zero attached hydrogens (tertiary/aromatic N) is 2. The Balaban J connectivity index is 1.61. The van der Waals surface area contributed by atoms with Crippen LogP contribution in [0.3, 0.4) is 0 Å². The van der Waals surface area contributed by atoms with Gasteiger partial charge in [0.2, 0.25) is 5.91 Å². The first-order valence-corrected chi connectivity index (χ1v) is 12.2. The van der Waals surface area contributed by atoms with E-state index < -0.39 is 6.04 Å². The Bertz CT molecular complexity index is 1300. The van der Waals surface area contributed by atoms with E-state index in [0.29, 0.717) is 38.8 Å². The zero-order valence-electron chi connectivity index (χ0n) is 20.6. The fourth-order valence-corrected chi connectivity index (χ4v) is 4.59. The van der Waals surface area contributed by atoms with Crippen LogP contribution < -0.4 is 24.4 Å². The van der Waals surface area contributed by atoms with Crippen molar-refractivity contribution >= 4 is 52.1 Å². The first-order chi connectivity index (χ1) is 17.8. The van der Waals surface area contributed by atoms with E-state index in [1.54, 1.807) is 80.8 Å². The number of amides is 2. The fraction of sp³-hybridized carbons (Fsp3) is 0.222. The lowest BCUT2D eigenvalue weighted by atomic mass is 10.1. The van der Waals surface area contributed by atoms with Gasteiger partial charge in [0.25, 0.3) is 5.91 Å². The quantitative estimate of drug-likeness (QED) is 0.387. The number of nitrogens with one attached hydrogen (secondary N) is 1. The molecule has 0 saturated carbocycles. The highest BCUT2D eigenvalue weighted by atomic mass is 35.5. The number of halogens is 1. The fourth-order valence-electron chi connectivity index (χ4n) is 4.08. The van der Waals surface area contributed by atoms with Crippen LogP contribution in [0, 0.1) is 0 Å². The lowest BCUT2D eigenvalue weighted by Gasteiger charge is -2.24. The van der Waals surface area contributed by atoms with Gasteiger partial charge in [-0.25, -0.2) is 0 Å². The van der Waals surface area contributed by atoms with Gasteiger partial charge in [-0.3, -0.25) is 14.5 Å². The van der Waals surface area contributed by atoms with Crippen LogP contribution in [0.1, 0.15) is 12.0 Å². The van der Waals surface area contributed by atoms with Crippen molar-refractivity contribution in [1.29, 1.82) is 0 Å². The van der Waals surface area contributed by atoms with Gasteiger partial charge in [-0.2, -0.15) is 0 Å². The molecule has 1 atom stereocenters. The maximum Gasteiger partial charge on any atom is 0.256 e. The molecule has 4 rings (SSSR count). The number of ether oxygens (including phenoxy) is 3. The van der Waals surface area contributed by atoms with Crippen LogP contribution in [0.15, 0.2) is 66.7 Å². The van der Waals surface area contributed by atoms with Gasteiger partial charge < -0.3 is 24.4 Å². The summed E-state index contributed by atoms with van der Waals surface area (Å²) in [5.41, 5.74) is 2.01. The Hall–Kier alpha value is -3.82. The Morgan fingerprint density at radius 1 is 0.946 bits per heavy atom. The molecule has 1 saturated heterocycles. The van der Waals surface area contributed by atoms with E-state index in [9.17, 15) is 9.59 Å². The highest BCUT2D eigenvalue weighted by Crippen LogP contribution is 2.32. The Morgan fingerprint density at radius 3 is 2.24 bits per heavy atom. The van der Waals surface area contributed by atoms with E-state index in [1.807, 2.05) is 12.1 Å². The smallest absolute Gasteiger partial charge is 0.256 e. The van der Waals surface area contributed by atoms with Crippen LogP contribution in [0.25, 0.3) is 0 Å². The first kappa shape index (κ1) is 26.2. The molecular weight excluding hydrogens is 514 g/mol. The molecule has 0 aromatic heterocycles. The highest BCUT2D eigenvalue weighted by Gasteiger charge is 2.44. The minimum Gasteiger partial charge on any atom is -0.497 e. The summed E-state index contributed by atoms with van der Waals surface area (Å²) in [5, 5.41) is 3.68. The van der Waals surface area contributed by atoms with E-state index in [1.165, 1.54) is 4.90 Å². The molecule has 0 bridgehead atoms. The third-order valence-corrected chi connectivity index (χ3v) is 6.63. The van der Waals surface area contributed by atoms with Gasteiger partial charge >= 0.3 is 0 Å². The molecule has 10 heteroatoms. The van der Waals surface area contributed by atoms with Crippen LogP contribution in [-0.4, -0.2) is 49.2 Å². The molecule has 1 heterocycles. The number of rotatable bonds is 9. The average molecular weight is 540 g/mol. The molecule has 8 nitrogen and oxygen atoms in total. The first-order valence-electron chi connectivity index (χ1n) is 11.4. The van der Waals surface area contributed by atoms with E-state index >= 15 is 0 Å². The Morgan fingerprint density at radius 2 is 1.62 bits per heavy atom. The summed E-state index contributed by atoms with van der Waals surface area (Å²) in [6, 6.07) is 18.5. The van der Waals surface area contributed by atoms with Crippen LogP contribution in [0.4, 0.5) is 11.4 Å². The molecule has 0 radical (unpaired) electrons. The van der Waals surface area contributed by atoms with Gasteiger partial charge in [-0.15, -0.1) is 0 Å². The van der Waals surface area contributed by atoms with E-state index in [4.69, 9.17) is 38.0 Å². The topological polar surface area (TPSA) is 80.3 Å². The minimum absolute atomic E-state index is 0.0949. The summed E-state index contributed by atoms with van der Waals surface area (Å²) in [4.78, 5) is 29.8.